The highest BCUT2D eigenvalue weighted by molar-refractivity contribution is 5.77. The zero-order valence-electron chi connectivity index (χ0n) is 4.50. The Morgan fingerprint density at radius 2 is 2.12 bits per heavy atom. The SMILES string of the molecule is NC(=O)[C@H]1C[C@@H](O)C1. The Morgan fingerprint density at radius 3 is 2.25 bits per heavy atom. The molecule has 0 saturated heterocycles. The Bertz CT molecular complexity index is 107. The normalized spacial score (nSPS) is 36.1. The van der Waals surface area contributed by atoms with E-state index in [1.807, 2.05) is 0 Å². The molecule has 46 valence electrons. The first kappa shape index (κ1) is 5.56. The maximum atomic E-state index is 10.2. The predicted molar refractivity (Wildman–Crippen MR) is 27.9 cm³/mol. The first-order valence-corrected chi connectivity index (χ1v) is 2.67. The van der Waals surface area contributed by atoms with Gasteiger partial charge in [0.05, 0.1) is 6.10 Å². The third-order valence-corrected chi connectivity index (χ3v) is 1.52. The lowest BCUT2D eigenvalue weighted by atomic mass is 9.82. The molecule has 0 aromatic rings. The molecule has 0 heterocycles. The fraction of sp³-hybridized carbons (Fsp3) is 0.800. The molecular weight excluding hydrogens is 106 g/mol. The van der Waals surface area contributed by atoms with Crippen LogP contribution in [0, 0.1) is 5.92 Å². The average molecular weight is 115 g/mol. The van der Waals surface area contributed by atoms with Gasteiger partial charge in [-0.15, -0.1) is 0 Å². The van der Waals surface area contributed by atoms with Crippen molar-refractivity contribution in [1.29, 1.82) is 0 Å². The molecule has 1 amide bonds. The molecule has 0 atom stereocenters. The number of primary amides is 1. The number of carbonyl (C=O) groups excluding carboxylic acids is 1. The predicted octanol–water partition coefficient (Wildman–Crippen LogP) is -0.757. The number of aliphatic hydroxyl groups excluding tert-OH is 1. The second kappa shape index (κ2) is 1.74. The number of aliphatic hydroxyl groups is 1. The van der Waals surface area contributed by atoms with Crippen LogP contribution >= 0.6 is 0 Å². The summed E-state index contributed by atoms with van der Waals surface area (Å²) in [6, 6.07) is 0. The molecule has 0 aromatic carbocycles. The van der Waals surface area contributed by atoms with E-state index in [0.717, 1.165) is 0 Å². The largest absolute Gasteiger partial charge is 0.393 e. The van der Waals surface area contributed by atoms with Gasteiger partial charge >= 0.3 is 0 Å². The van der Waals surface area contributed by atoms with Crippen molar-refractivity contribution in [2.45, 2.75) is 18.9 Å². The summed E-state index contributed by atoms with van der Waals surface area (Å²) in [6.45, 7) is 0. The van der Waals surface area contributed by atoms with Gasteiger partial charge in [-0.25, -0.2) is 0 Å². The van der Waals surface area contributed by atoms with Gasteiger partial charge in [-0.2, -0.15) is 0 Å². The van der Waals surface area contributed by atoms with Crippen LogP contribution in [0.4, 0.5) is 0 Å². The Kier molecular flexibility index (Phi) is 1.21. The molecule has 1 saturated carbocycles. The zero-order chi connectivity index (χ0) is 6.15. The quantitative estimate of drug-likeness (QED) is 0.472. The van der Waals surface area contributed by atoms with Crippen LogP contribution in [0.15, 0.2) is 0 Å². The van der Waals surface area contributed by atoms with Crippen molar-refractivity contribution in [3.8, 4) is 0 Å². The standard InChI is InChI=1S/C5H9NO2/c6-5(8)3-1-4(7)2-3/h3-4,7H,1-2H2,(H2,6,8)/t3-,4+. The third-order valence-electron chi connectivity index (χ3n) is 1.52. The minimum Gasteiger partial charge on any atom is -0.393 e. The highest BCUT2D eigenvalue weighted by Gasteiger charge is 2.31. The first-order chi connectivity index (χ1) is 3.70. The zero-order valence-corrected chi connectivity index (χ0v) is 4.50. The average Bonchev–Trinajstić information content (AvgIpc) is 1.57. The molecule has 0 aliphatic heterocycles. The molecule has 3 heteroatoms. The number of hydrogen-bond donors (Lipinski definition) is 2. The number of nitrogens with two attached hydrogens (primary N) is 1. The van der Waals surface area contributed by atoms with Gasteiger partial charge in [0.1, 0.15) is 0 Å². The summed E-state index contributed by atoms with van der Waals surface area (Å²) in [5, 5.41) is 8.66. The number of hydrogen-bond acceptors (Lipinski definition) is 2. The lowest BCUT2D eigenvalue weighted by molar-refractivity contribution is -0.128. The van der Waals surface area contributed by atoms with E-state index in [9.17, 15) is 4.79 Å². The van der Waals surface area contributed by atoms with E-state index in [4.69, 9.17) is 10.8 Å². The molecule has 0 spiro atoms. The van der Waals surface area contributed by atoms with Crippen molar-refractivity contribution in [2.24, 2.45) is 11.7 Å². The van der Waals surface area contributed by atoms with Crippen molar-refractivity contribution < 1.29 is 9.90 Å². The molecule has 1 rings (SSSR count). The number of rotatable bonds is 1. The van der Waals surface area contributed by atoms with Gasteiger partial charge in [0.25, 0.3) is 0 Å². The minimum atomic E-state index is -0.282. The molecule has 8 heavy (non-hydrogen) atoms. The Morgan fingerprint density at radius 1 is 1.62 bits per heavy atom. The Hall–Kier alpha value is -0.570. The number of amides is 1. The summed E-state index contributed by atoms with van der Waals surface area (Å²) in [7, 11) is 0. The molecule has 0 bridgehead atoms. The van der Waals surface area contributed by atoms with E-state index in [0.29, 0.717) is 12.8 Å². The molecule has 0 radical (unpaired) electrons. The van der Waals surface area contributed by atoms with Crippen LogP contribution in [0.25, 0.3) is 0 Å². The molecule has 1 aliphatic rings. The summed E-state index contributed by atoms with van der Waals surface area (Å²) < 4.78 is 0. The van der Waals surface area contributed by atoms with Crippen molar-refractivity contribution in [3.05, 3.63) is 0 Å². The van der Waals surface area contributed by atoms with E-state index >= 15 is 0 Å². The van der Waals surface area contributed by atoms with E-state index in [1.165, 1.54) is 0 Å². The molecule has 0 aromatic heterocycles. The summed E-state index contributed by atoms with van der Waals surface area (Å²) in [6.07, 6.45) is 0.859. The fourth-order valence-corrected chi connectivity index (χ4v) is 0.820. The van der Waals surface area contributed by atoms with Crippen LogP contribution in [0.5, 0.6) is 0 Å². The van der Waals surface area contributed by atoms with Gasteiger partial charge in [-0.3, -0.25) is 4.79 Å². The van der Waals surface area contributed by atoms with E-state index in [2.05, 4.69) is 0 Å². The second-order valence-corrected chi connectivity index (χ2v) is 2.22. The van der Waals surface area contributed by atoms with Crippen LogP contribution < -0.4 is 5.73 Å². The van der Waals surface area contributed by atoms with Crippen LogP contribution in [-0.4, -0.2) is 17.1 Å². The van der Waals surface area contributed by atoms with E-state index in [-0.39, 0.29) is 17.9 Å². The van der Waals surface area contributed by atoms with E-state index in [1.54, 1.807) is 0 Å². The summed E-state index contributed by atoms with van der Waals surface area (Å²) >= 11 is 0. The molecule has 0 unspecified atom stereocenters. The molecule has 3 nitrogen and oxygen atoms in total. The maximum absolute atomic E-state index is 10.2. The van der Waals surface area contributed by atoms with Crippen LogP contribution in [0.2, 0.25) is 0 Å². The topological polar surface area (TPSA) is 63.3 Å². The Balaban J connectivity index is 2.25. The second-order valence-electron chi connectivity index (χ2n) is 2.22. The highest BCUT2D eigenvalue weighted by Crippen LogP contribution is 2.25. The smallest absolute Gasteiger partial charge is 0.220 e. The van der Waals surface area contributed by atoms with Crippen molar-refractivity contribution in [3.63, 3.8) is 0 Å². The molecule has 1 aliphatic carbocycles. The maximum Gasteiger partial charge on any atom is 0.220 e. The summed E-state index contributed by atoms with van der Waals surface area (Å²) in [5.74, 6) is -0.333. The van der Waals surface area contributed by atoms with Crippen LogP contribution in [0.3, 0.4) is 0 Å². The van der Waals surface area contributed by atoms with Gasteiger partial charge in [-0.1, -0.05) is 0 Å². The van der Waals surface area contributed by atoms with Gasteiger partial charge in [0.15, 0.2) is 0 Å². The lowest BCUT2D eigenvalue weighted by Crippen LogP contribution is -2.37. The van der Waals surface area contributed by atoms with Crippen molar-refractivity contribution in [2.75, 3.05) is 0 Å². The summed E-state index contributed by atoms with van der Waals surface area (Å²) in [4.78, 5) is 10.2. The fourth-order valence-electron chi connectivity index (χ4n) is 0.820. The van der Waals surface area contributed by atoms with Gasteiger partial charge < -0.3 is 10.8 Å². The Labute approximate surface area is 47.5 Å². The first-order valence-electron chi connectivity index (χ1n) is 2.67. The molecule has 3 N–H and O–H groups in total. The highest BCUT2D eigenvalue weighted by atomic mass is 16.3. The minimum absolute atomic E-state index is 0.0509. The van der Waals surface area contributed by atoms with Crippen LogP contribution in [0.1, 0.15) is 12.8 Å². The number of carbonyl (C=O) groups is 1. The van der Waals surface area contributed by atoms with Gasteiger partial charge in [0, 0.05) is 5.92 Å². The van der Waals surface area contributed by atoms with E-state index < -0.39 is 0 Å². The van der Waals surface area contributed by atoms with Crippen LogP contribution in [-0.2, 0) is 4.79 Å². The summed E-state index contributed by atoms with van der Waals surface area (Å²) in [5.41, 5.74) is 4.91. The van der Waals surface area contributed by atoms with Gasteiger partial charge in [0.2, 0.25) is 5.91 Å². The van der Waals surface area contributed by atoms with Gasteiger partial charge in [-0.05, 0) is 12.8 Å². The molecular formula is C5H9NO2. The lowest BCUT2D eigenvalue weighted by Gasteiger charge is -2.28. The third kappa shape index (κ3) is 0.816. The van der Waals surface area contributed by atoms with Crippen molar-refractivity contribution >= 4 is 5.91 Å². The molecule has 1 fully saturated rings. The monoisotopic (exact) mass is 115 g/mol. The van der Waals surface area contributed by atoms with Crippen molar-refractivity contribution in [1.82, 2.24) is 0 Å².